The van der Waals surface area contributed by atoms with Crippen molar-refractivity contribution >= 4 is 0 Å². The zero-order valence-corrected chi connectivity index (χ0v) is 10.2. The molecule has 1 heteroatoms. The predicted octanol–water partition coefficient (Wildman–Crippen LogP) is 2.69. The number of hydrogen-bond acceptors (Lipinski definition) is 0. The van der Waals surface area contributed by atoms with E-state index < -0.39 is 0 Å². The molecule has 0 aromatic rings. The molecular formula is C14H24N+. The Balaban J connectivity index is 1.70. The third-order valence-electron chi connectivity index (χ3n) is 5.15. The van der Waals surface area contributed by atoms with Crippen LogP contribution in [-0.2, 0) is 0 Å². The molecule has 0 aromatic carbocycles. The number of nitrogens with zero attached hydrogens (tertiary/aromatic N) is 1. The number of fused-ring (bicyclic) bond motifs is 5. The number of allylic oxidation sites excluding steroid dienone is 2. The Bertz CT molecular complexity index is 261. The Morgan fingerprint density at radius 1 is 1.13 bits per heavy atom. The highest BCUT2D eigenvalue weighted by molar-refractivity contribution is 5.14. The average Bonchev–Trinajstić information content (AvgIpc) is 2.84. The van der Waals surface area contributed by atoms with Gasteiger partial charge >= 0.3 is 0 Å². The lowest BCUT2D eigenvalue weighted by Gasteiger charge is -2.31. The topological polar surface area (TPSA) is 0 Å². The molecule has 0 N–H and O–H groups in total. The van der Waals surface area contributed by atoms with Crippen molar-refractivity contribution in [3.8, 4) is 0 Å². The van der Waals surface area contributed by atoms with Crippen LogP contribution in [0.2, 0.25) is 0 Å². The van der Waals surface area contributed by atoms with Crippen LogP contribution in [-0.4, -0.2) is 31.2 Å². The molecule has 1 saturated heterocycles. The Morgan fingerprint density at radius 3 is 2.27 bits per heavy atom. The van der Waals surface area contributed by atoms with E-state index in [4.69, 9.17) is 0 Å². The molecule has 3 aliphatic rings. The monoisotopic (exact) mass is 206 g/mol. The third-order valence-corrected chi connectivity index (χ3v) is 5.15. The fraction of sp³-hybridized carbons (Fsp3) is 0.857. The second-order valence-electron chi connectivity index (χ2n) is 6.34. The molecule has 1 saturated carbocycles. The van der Waals surface area contributed by atoms with Crippen LogP contribution in [0.4, 0.5) is 0 Å². The number of quaternary nitrogens is 1. The van der Waals surface area contributed by atoms with Gasteiger partial charge in [-0.05, 0) is 24.7 Å². The van der Waals surface area contributed by atoms with E-state index in [1.807, 2.05) is 0 Å². The second-order valence-corrected chi connectivity index (χ2v) is 6.34. The molecule has 0 spiro atoms. The summed E-state index contributed by atoms with van der Waals surface area (Å²) < 4.78 is 1.37. The summed E-state index contributed by atoms with van der Waals surface area (Å²) >= 11 is 0. The van der Waals surface area contributed by atoms with Gasteiger partial charge in [-0.1, -0.05) is 25.5 Å². The van der Waals surface area contributed by atoms with Gasteiger partial charge < -0.3 is 4.48 Å². The van der Waals surface area contributed by atoms with E-state index in [1.165, 1.54) is 43.4 Å². The maximum absolute atomic E-state index is 2.52. The molecule has 1 unspecified atom stereocenters. The quantitative estimate of drug-likeness (QED) is 0.492. The summed E-state index contributed by atoms with van der Waals surface area (Å²) in [7, 11) is 2.49. The molecule has 1 aliphatic heterocycles. The molecule has 5 atom stereocenters. The van der Waals surface area contributed by atoms with Crippen LogP contribution in [0, 0.1) is 23.7 Å². The Morgan fingerprint density at radius 2 is 1.73 bits per heavy atom. The smallest absolute Gasteiger partial charge is 0.0824 e. The van der Waals surface area contributed by atoms with E-state index >= 15 is 0 Å². The Labute approximate surface area is 93.7 Å². The summed E-state index contributed by atoms with van der Waals surface area (Å²) in [5, 5.41) is 0. The Kier molecular flexibility index (Phi) is 2.21. The largest absolute Gasteiger partial charge is 0.326 e. The average molecular weight is 206 g/mol. The van der Waals surface area contributed by atoms with Crippen molar-refractivity contribution in [2.45, 2.75) is 26.2 Å². The van der Waals surface area contributed by atoms with Crippen molar-refractivity contribution in [2.24, 2.45) is 23.7 Å². The lowest BCUT2D eigenvalue weighted by Crippen LogP contribution is -2.43. The van der Waals surface area contributed by atoms with Gasteiger partial charge in [-0.2, -0.15) is 0 Å². The van der Waals surface area contributed by atoms with E-state index in [1.54, 1.807) is 0 Å². The summed E-state index contributed by atoms with van der Waals surface area (Å²) in [4.78, 5) is 0. The molecule has 1 heterocycles. The molecule has 0 aromatic heterocycles. The van der Waals surface area contributed by atoms with Crippen LogP contribution in [0.1, 0.15) is 26.2 Å². The molecule has 0 radical (unpaired) electrons. The maximum Gasteiger partial charge on any atom is 0.0824 e. The predicted molar refractivity (Wildman–Crippen MR) is 63.4 cm³/mol. The molecule has 15 heavy (non-hydrogen) atoms. The molecule has 1 nitrogen and oxygen atoms in total. The van der Waals surface area contributed by atoms with Crippen LogP contribution in [0.3, 0.4) is 0 Å². The first-order chi connectivity index (χ1) is 7.22. The van der Waals surface area contributed by atoms with Crippen molar-refractivity contribution < 1.29 is 4.48 Å². The minimum atomic E-state index is 0.960. The lowest BCUT2D eigenvalue weighted by molar-refractivity contribution is -0.901. The molecule has 3 rings (SSSR count). The van der Waals surface area contributed by atoms with Crippen molar-refractivity contribution in [3.05, 3.63) is 12.2 Å². The minimum Gasteiger partial charge on any atom is -0.326 e. The molecule has 0 amide bonds. The first-order valence-corrected chi connectivity index (χ1v) is 6.74. The molecule has 2 aliphatic carbocycles. The van der Waals surface area contributed by atoms with Gasteiger partial charge in [0.1, 0.15) is 0 Å². The SMILES string of the molecule is CCCC[N+]1(C)C[C@@H]2[C@@H](C1)[C@H]1C=C[C@@H]2C1. The number of hydrogen-bond donors (Lipinski definition) is 0. The summed E-state index contributed by atoms with van der Waals surface area (Å²) in [5.74, 6) is 4.01. The molecule has 2 bridgehead atoms. The molecule has 84 valence electrons. The normalized spacial score (nSPS) is 51.3. The first-order valence-electron chi connectivity index (χ1n) is 6.74. The fourth-order valence-corrected chi connectivity index (χ4v) is 4.38. The zero-order chi connectivity index (χ0) is 10.5. The van der Waals surface area contributed by atoms with Crippen LogP contribution < -0.4 is 0 Å². The van der Waals surface area contributed by atoms with E-state index in [-0.39, 0.29) is 0 Å². The molecular weight excluding hydrogens is 182 g/mol. The highest BCUT2D eigenvalue weighted by Crippen LogP contribution is 2.52. The summed E-state index contributed by atoms with van der Waals surface area (Å²) in [5.41, 5.74) is 0. The van der Waals surface area contributed by atoms with Crippen LogP contribution in [0.5, 0.6) is 0 Å². The number of rotatable bonds is 3. The highest BCUT2D eigenvalue weighted by Gasteiger charge is 2.54. The third kappa shape index (κ3) is 1.47. The van der Waals surface area contributed by atoms with Gasteiger partial charge in [0.2, 0.25) is 0 Å². The number of unbranched alkanes of at least 4 members (excludes halogenated alkanes) is 1. The first kappa shape index (κ1) is 9.89. The maximum atomic E-state index is 2.52. The molecule has 2 fully saturated rings. The van der Waals surface area contributed by atoms with Gasteiger partial charge in [0, 0.05) is 11.8 Å². The summed E-state index contributed by atoms with van der Waals surface area (Å²) in [6.07, 6.45) is 9.29. The van der Waals surface area contributed by atoms with E-state index in [0.29, 0.717) is 0 Å². The van der Waals surface area contributed by atoms with Crippen molar-refractivity contribution in [3.63, 3.8) is 0 Å². The van der Waals surface area contributed by atoms with E-state index in [2.05, 4.69) is 26.1 Å². The van der Waals surface area contributed by atoms with Gasteiger partial charge in [-0.15, -0.1) is 0 Å². The van der Waals surface area contributed by atoms with Crippen molar-refractivity contribution in [2.75, 3.05) is 26.7 Å². The minimum absolute atomic E-state index is 0.960. The fourth-order valence-electron chi connectivity index (χ4n) is 4.38. The number of likely N-dealkylation sites (tertiary alicyclic amines) is 1. The van der Waals surface area contributed by atoms with Crippen LogP contribution in [0.15, 0.2) is 12.2 Å². The standard InChI is InChI=1S/C14H24N/c1-3-4-7-15(2)9-13-11-5-6-12(8-11)14(13)10-15/h5-6,11-14H,3-4,7-10H2,1-2H3/q+1/t11-,12+,13-,14-,15?/m0/s1. The van der Waals surface area contributed by atoms with E-state index in [0.717, 1.165) is 23.7 Å². The van der Waals surface area contributed by atoms with Gasteiger partial charge in [0.05, 0.1) is 26.7 Å². The Hall–Kier alpha value is -0.300. The van der Waals surface area contributed by atoms with Crippen LogP contribution >= 0.6 is 0 Å². The van der Waals surface area contributed by atoms with Gasteiger partial charge in [0.25, 0.3) is 0 Å². The summed E-state index contributed by atoms with van der Waals surface area (Å²) in [6.45, 7) is 6.67. The van der Waals surface area contributed by atoms with Crippen molar-refractivity contribution in [1.82, 2.24) is 0 Å². The van der Waals surface area contributed by atoms with Gasteiger partial charge in [0.15, 0.2) is 0 Å². The lowest BCUT2D eigenvalue weighted by atomic mass is 9.86. The van der Waals surface area contributed by atoms with Gasteiger partial charge in [-0.3, -0.25) is 0 Å². The van der Waals surface area contributed by atoms with Crippen molar-refractivity contribution in [1.29, 1.82) is 0 Å². The van der Waals surface area contributed by atoms with E-state index in [9.17, 15) is 0 Å². The van der Waals surface area contributed by atoms with Gasteiger partial charge in [-0.25, -0.2) is 0 Å². The summed E-state index contributed by atoms with van der Waals surface area (Å²) in [6, 6.07) is 0. The second kappa shape index (κ2) is 3.35. The zero-order valence-electron chi connectivity index (χ0n) is 10.2. The highest BCUT2D eigenvalue weighted by atomic mass is 15.4. The van der Waals surface area contributed by atoms with Crippen LogP contribution in [0.25, 0.3) is 0 Å².